The van der Waals surface area contributed by atoms with Gasteiger partial charge in [0, 0.05) is 16.1 Å². The maximum atomic E-state index is 6.19. The molecule has 0 spiro atoms. The molecule has 0 radical (unpaired) electrons. The van der Waals surface area contributed by atoms with Gasteiger partial charge in [-0.05, 0) is 48.9 Å². The zero-order valence-electron chi connectivity index (χ0n) is 11.8. The molecule has 106 valence electrons. The van der Waals surface area contributed by atoms with Crippen molar-refractivity contribution < 1.29 is 0 Å². The fourth-order valence-electron chi connectivity index (χ4n) is 2.99. The summed E-state index contributed by atoms with van der Waals surface area (Å²) in [7, 11) is 0. The van der Waals surface area contributed by atoms with Crippen LogP contribution in [0.2, 0.25) is 10.0 Å². The number of hydrogen-bond acceptors (Lipinski definition) is 1. The normalized spacial score (nSPS) is 27.5. The summed E-state index contributed by atoms with van der Waals surface area (Å²) in [5.41, 5.74) is 1.18. The smallest absolute Gasteiger partial charge is 0.0453 e. The molecule has 1 aromatic rings. The summed E-state index contributed by atoms with van der Waals surface area (Å²) >= 11 is 12.1. The van der Waals surface area contributed by atoms with Crippen LogP contribution in [0.15, 0.2) is 18.2 Å². The van der Waals surface area contributed by atoms with E-state index in [-0.39, 0.29) is 0 Å². The van der Waals surface area contributed by atoms with Gasteiger partial charge in [0.1, 0.15) is 0 Å². The van der Waals surface area contributed by atoms with Gasteiger partial charge >= 0.3 is 0 Å². The quantitative estimate of drug-likeness (QED) is 0.829. The van der Waals surface area contributed by atoms with Crippen molar-refractivity contribution in [3.8, 4) is 0 Å². The van der Waals surface area contributed by atoms with Crippen LogP contribution in [0.25, 0.3) is 0 Å². The van der Waals surface area contributed by atoms with E-state index < -0.39 is 0 Å². The maximum Gasteiger partial charge on any atom is 0.0453 e. The van der Waals surface area contributed by atoms with Gasteiger partial charge in [0.15, 0.2) is 0 Å². The monoisotopic (exact) mass is 299 g/mol. The highest BCUT2D eigenvalue weighted by Crippen LogP contribution is 2.29. The third kappa shape index (κ3) is 4.11. The summed E-state index contributed by atoms with van der Waals surface area (Å²) in [5.74, 6) is 1.61. The molecule has 2 rings (SSSR count). The molecular weight excluding hydrogens is 277 g/mol. The van der Waals surface area contributed by atoms with Gasteiger partial charge in [0.05, 0.1) is 0 Å². The van der Waals surface area contributed by atoms with E-state index in [2.05, 4.69) is 19.2 Å². The molecule has 3 atom stereocenters. The molecule has 1 aliphatic carbocycles. The molecule has 3 heteroatoms. The van der Waals surface area contributed by atoms with E-state index in [1.807, 2.05) is 18.2 Å². The fourth-order valence-corrected chi connectivity index (χ4v) is 3.49. The Morgan fingerprint density at radius 2 is 2.00 bits per heavy atom. The first-order valence-corrected chi connectivity index (χ1v) is 8.01. The SMILES string of the molecule is CC1CCCC(NCCc2ccc(Cl)cc2Cl)C1C. The van der Waals surface area contributed by atoms with E-state index in [1.165, 1.54) is 24.8 Å². The first-order chi connectivity index (χ1) is 9.08. The van der Waals surface area contributed by atoms with Crippen molar-refractivity contribution in [3.05, 3.63) is 33.8 Å². The van der Waals surface area contributed by atoms with Gasteiger partial charge in [-0.1, -0.05) is 56.0 Å². The van der Waals surface area contributed by atoms with Crippen molar-refractivity contribution in [3.63, 3.8) is 0 Å². The third-order valence-electron chi connectivity index (χ3n) is 4.52. The van der Waals surface area contributed by atoms with Crippen molar-refractivity contribution in [2.75, 3.05) is 6.54 Å². The van der Waals surface area contributed by atoms with Crippen LogP contribution in [0, 0.1) is 11.8 Å². The van der Waals surface area contributed by atoms with Crippen LogP contribution >= 0.6 is 23.2 Å². The predicted molar refractivity (Wildman–Crippen MR) is 84.1 cm³/mol. The minimum Gasteiger partial charge on any atom is -0.313 e. The maximum absolute atomic E-state index is 6.19. The summed E-state index contributed by atoms with van der Waals surface area (Å²) < 4.78 is 0. The third-order valence-corrected chi connectivity index (χ3v) is 5.11. The predicted octanol–water partition coefficient (Wildman–Crippen LogP) is 4.95. The molecule has 0 heterocycles. The molecule has 1 aliphatic rings. The summed E-state index contributed by atoms with van der Waals surface area (Å²) in [6.45, 7) is 5.73. The van der Waals surface area contributed by atoms with E-state index >= 15 is 0 Å². The second-order valence-corrected chi connectivity index (χ2v) is 6.66. The van der Waals surface area contributed by atoms with E-state index in [4.69, 9.17) is 23.2 Å². The molecule has 0 bridgehead atoms. The highest BCUT2D eigenvalue weighted by molar-refractivity contribution is 6.35. The Morgan fingerprint density at radius 1 is 1.21 bits per heavy atom. The zero-order valence-corrected chi connectivity index (χ0v) is 13.3. The molecule has 0 saturated heterocycles. The lowest BCUT2D eigenvalue weighted by Gasteiger charge is -2.34. The Balaban J connectivity index is 1.83. The number of nitrogens with one attached hydrogen (secondary N) is 1. The van der Waals surface area contributed by atoms with Crippen molar-refractivity contribution in [1.82, 2.24) is 5.32 Å². The zero-order chi connectivity index (χ0) is 13.8. The van der Waals surface area contributed by atoms with Gasteiger partial charge in [0.2, 0.25) is 0 Å². The minimum absolute atomic E-state index is 0.662. The van der Waals surface area contributed by atoms with Gasteiger partial charge < -0.3 is 5.32 Å². The summed E-state index contributed by atoms with van der Waals surface area (Å²) in [4.78, 5) is 0. The van der Waals surface area contributed by atoms with E-state index in [1.54, 1.807) is 0 Å². The Bertz CT molecular complexity index is 419. The molecular formula is C16H23Cl2N. The van der Waals surface area contributed by atoms with Crippen LogP contribution in [0.3, 0.4) is 0 Å². The summed E-state index contributed by atoms with van der Waals surface area (Å²) in [6, 6.07) is 6.42. The highest BCUT2D eigenvalue weighted by Gasteiger charge is 2.26. The van der Waals surface area contributed by atoms with Gasteiger partial charge in [0.25, 0.3) is 0 Å². The molecule has 1 saturated carbocycles. The van der Waals surface area contributed by atoms with Crippen LogP contribution in [0.4, 0.5) is 0 Å². The Kier molecular flexibility index (Phi) is 5.56. The van der Waals surface area contributed by atoms with Gasteiger partial charge in [-0.3, -0.25) is 0 Å². The molecule has 0 amide bonds. The fraction of sp³-hybridized carbons (Fsp3) is 0.625. The molecule has 1 nitrogen and oxygen atoms in total. The van der Waals surface area contributed by atoms with Crippen LogP contribution in [-0.4, -0.2) is 12.6 Å². The molecule has 19 heavy (non-hydrogen) atoms. The number of rotatable bonds is 4. The van der Waals surface area contributed by atoms with Gasteiger partial charge in [-0.25, -0.2) is 0 Å². The van der Waals surface area contributed by atoms with E-state index in [0.29, 0.717) is 11.1 Å². The molecule has 0 aromatic heterocycles. The van der Waals surface area contributed by atoms with Crippen LogP contribution in [0.1, 0.15) is 38.7 Å². The second kappa shape index (κ2) is 6.97. The van der Waals surface area contributed by atoms with E-state index in [0.717, 1.165) is 29.8 Å². The van der Waals surface area contributed by atoms with E-state index in [9.17, 15) is 0 Å². The Hall–Kier alpha value is -0.240. The average Bonchev–Trinajstić information content (AvgIpc) is 2.37. The van der Waals surface area contributed by atoms with Gasteiger partial charge in [-0.2, -0.15) is 0 Å². The Labute approximate surface area is 126 Å². The molecule has 1 fully saturated rings. The van der Waals surface area contributed by atoms with Crippen molar-refractivity contribution in [2.45, 2.75) is 45.6 Å². The first kappa shape index (κ1) is 15.2. The molecule has 0 aliphatic heterocycles. The number of halogens is 2. The second-order valence-electron chi connectivity index (χ2n) is 5.81. The highest BCUT2D eigenvalue weighted by atomic mass is 35.5. The van der Waals surface area contributed by atoms with Crippen molar-refractivity contribution in [2.24, 2.45) is 11.8 Å². The Morgan fingerprint density at radius 3 is 2.74 bits per heavy atom. The summed E-state index contributed by atoms with van der Waals surface area (Å²) in [5, 5.41) is 5.18. The first-order valence-electron chi connectivity index (χ1n) is 7.25. The summed E-state index contributed by atoms with van der Waals surface area (Å²) in [6.07, 6.45) is 5.00. The lowest BCUT2D eigenvalue weighted by molar-refractivity contribution is 0.208. The van der Waals surface area contributed by atoms with Crippen LogP contribution in [-0.2, 0) is 6.42 Å². The van der Waals surface area contributed by atoms with Crippen molar-refractivity contribution in [1.29, 1.82) is 0 Å². The topological polar surface area (TPSA) is 12.0 Å². The molecule has 3 unspecified atom stereocenters. The lowest BCUT2D eigenvalue weighted by atomic mass is 9.78. The largest absolute Gasteiger partial charge is 0.313 e. The minimum atomic E-state index is 0.662. The van der Waals surface area contributed by atoms with Crippen LogP contribution < -0.4 is 5.32 Å². The number of benzene rings is 1. The average molecular weight is 300 g/mol. The van der Waals surface area contributed by atoms with Crippen molar-refractivity contribution >= 4 is 23.2 Å². The van der Waals surface area contributed by atoms with Gasteiger partial charge in [-0.15, -0.1) is 0 Å². The molecule has 1 N–H and O–H groups in total. The van der Waals surface area contributed by atoms with Crippen LogP contribution in [0.5, 0.6) is 0 Å². The standard InChI is InChI=1S/C16H23Cl2N/c1-11-4-3-5-16(12(11)2)19-9-8-13-6-7-14(17)10-15(13)18/h6-7,10-12,16,19H,3-5,8-9H2,1-2H3. The number of hydrogen-bond donors (Lipinski definition) is 1. The molecule has 1 aromatic carbocycles. The lowest BCUT2D eigenvalue weighted by Crippen LogP contribution is -2.41.